The highest BCUT2D eigenvalue weighted by Crippen LogP contribution is 2.10. The lowest BCUT2D eigenvalue weighted by Gasteiger charge is -2.26. The van der Waals surface area contributed by atoms with E-state index in [1.165, 1.54) is 11.1 Å². The van der Waals surface area contributed by atoms with Gasteiger partial charge in [0, 0.05) is 20.1 Å². The van der Waals surface area contributed by atoms with E-state index in [2.05, 4.69) is 43.4 Å². The van der Waals surface area contributed by atoms with Crippen molar-refractivity contribution < 1.29 is 9.53 Å². The van der Waals surface area contributed by atoms with E-state index in [0.29, 0.717) is 12.5 Å². The maximum atomic E-state index is 11.9. The molecular weight excluding hydrogens is 288 g/mol. The summed E-state index contributed by atoms with van der Waals surface area (Å²) in [5, 5.41) is 3.45. The molecule has 0 aromatic heterocycles. The molecule has 4 nitrogen and oxygen atoms in total. The van der Waals surface area contributed by atoms with Crippen LogP contribution in [0.3, 0.4) is 0 Å². The average Bonchev–Trinajstić information content (AvgIpc) is 2.46. The largest absolute Gasteiger partial charge is 0.444 e. The van der Waals surface area contributed by atoms with Gasteiger partial charge in [-0.2, -0.15) is 0 Å². The maximum absolute atomic E-state index is 11.9. The number of hydrogen-bond donors (Lipinski definition) is 1. The molecule has 1 N–H and O–H groups in total. The summed E-state index contributed by atoms with van der Waals surface area (Å²) in [4.78, 5) is 13.6. The Morgan fingerprint density at radius 3 is 2.30 bits per heavy atom. The van der Waals surface area contributed by atoms with Gasteiger partial charge in [-0.1, -0.05) is 38.1 Å². The van der Waals surface area contributed by atoms with Gasteiger partial charge in [-0.15, -0.1) is 0 Å². The first-order chi connectivity index (χ1) is 10.7. The van der Waals surface area contributed by atoms with Crippen LogP contribution in [0, 0.1) is 5.92 Å². The van der Waals surface area contributed by atoms with Crippen molar-refractivity contribution in [3.63, 3.8) is 0 Å². The Kier molecular flexibility index (Phi) is 7.56. The molecule has 130 valence electrons. The third kappa shape index (κ3) is 8.03. The fourth-order valence-corrected chi connectivity index (χ4v) is 2.30. The second kappa shape index (κ2) is 8.92. The monoisotopic (exact) mass is 320 g/mol. The molecule has 0 saturated heterocycles. The number of carbonyl (C=O) groups is 1. The molecule has 1 aromatic rings. The molecule has 4 heteroatoms. The highest BCUT2D eigenvalue weighted by Gasteiger charge is 2.20. The van der Waals surface area contributed by atoms with Gasteiger partial charge < -0.3 is 15.0 Å². The van der Waals surface area contributed by atoms with Crippen molar-refractivity contribution in [1.82, 2.24) is 10.2 Å². The third-order valence-corrected chi connectivity index (χ3v) is 3.54. The Morgan fingerprint density at radius 1 is 1.22 bits per heavy atom. The molecule has 0 bridgehead atoms. The number of rotatable bonds is 7. The zero-order valence-electron chi connectivity index (χ0n) is 15.5. The van der Waals surface area contributed by atoms with Crippen LogP contribution >= 0.6 is 0 Å². The van der Waals surface area contributed by atoms with Gasteiger partial charge in [0.25, 0.3) is 0 Å². The van der Waals surface area contributed by atoms with Crippen LogP contribution in [0.4, 0.5) is 4.79 Å². The third-order valence-electron chi connectivity index (χ3n) is 3.54. The summed E-state index contributed by atoms with van der Waals surface area (Å²) < 4.78 is 5.36. The summed E-state index contributed by atoms with van der Waals surface area (Å²) in [7, 11) is 1.79. The zero-order valence-corrected chi connectivity index (χ0v) is 15.5. The molecule has 1 unspecified atom stereocenters. The van der Waals surface area contributed by atoms with Crippen molar-refractivity contribution in [3.8, 4) is 0 Å². The van der Waals surface area contributed by atoms with Crippen molar-refractivity contribution in [2.45, 2.75) is 53.2 Å². The standard InChI is InChI=1S/C19H32N2O2/c1-7-16-8-10-17(11-9-16)13-20-12-15(2)14-21(6)18(22)23-19(3,4)5/h8-11,15,20H,7,12-14H2,1-6H3. The second-order valence-corrected chi connectivity index (χ2v) is 7.27. The molecular formula is C19H32N2O2. The minimum absolute atomic E-state index is 0.264. The number of hydrogen-bond acceptors (Lipinski definition) is 3. The molecule has 1 atom stereocenters. The van der Waals surface area contributed by atoms with E-state index < -0.39 is 5.60 Å². The topological polar surface area (TPSA) is 41.6 Å². The van der Waals surface area contributed by atoms with Crippen LogP contribution in [-0.2, 0) is 17.7 Å². The zero-order chi connectivity index (χ0) is 17.5. The number of nitrogens with one attached hydrogen (secondary N) is 1. The van der Waals surface area contributed by atoms with Crippen LogP contribution < -0.4 is 5.32 Å². The molecule has 0 aliphatic heterocycles. The summed E-state index contributed by atoms with van der Waals surface area (Å²) in [6.45, 7) is 12.3. The summed E-state index contributed by atoms with van der Waals surface area (Å²) in [5.41, 5.74) is 2.20. The molecule has 0 aliphatic carbocycles. The fourth-order valence-electron chi connectivity index (χ4n) is 2.30. The molecule has 1 aromatic carbocycles. The smallest absolute Gasteiger partial charge is 0.410 e. The Bertz CT molecular complexity index is 477. The fraction of sp³-hybridized carbons (Fsp3) is 0.632. The molecule has 0 heterocycles. The molecule has 23 heavy (non-hydrogen) atoms. The molecule has 0 radical (unpaired) electrons. The number of aryl methyl sites for hydroxylation is 1. The number of benzene rings is 1. The van der Waals surface area contributed by atoms with E-state index in [4.69, 9.17) is 4.74 Å². The van der Waals surface area contributed by atoms with E-state index >= 15 is 0 Å². The first-order valence-electron chi connectivity index (χ1n) is 8.44. The first kappa shape index (κ1) is 19.5. The normalized spacial score (nSPS) is 12.8. The van der Waals surface area contributed by atoms with Crippen molar-refractivity contribution in [2.75, 3.05) is 20.1 Å². The van der Waals surface area contributed by atoms with Crippen molar-refractivity contribution >= 4 is 6.09 Å². The van der Waals surface area contributed by atoms with E-state index in [-0.39, 0.29) is 6.09 Å². The summed E-state index contributed by atoms with van der Waals surface area (Å²) in [6, 6.07) is 8.69. The highest BCUT2D eigenvalue weighted by molar-refractivity contribution is 5.67. The Hall–Kier alpha value is -1.55. The molecule has 0 aliphatic rings. The van der Waals surface area contributed by atoms with Crippen LogP contribution in [0.5, 0.6) is 0 Å². The summed E-state index contributed by atoms with van der Waals surface area (Å²) >= 11 is 0. The lowest BCUT2D eigenvalue weighted by Crippen LogP contribution is -2.38. The lowest BCUT2D eigenvalue weighted by molar-refractivity contribution is 0.0277. The van der Waals surface area contributed by atoms with Gasteiger partial charge in [0.15, 0.2) is 0 Å². The summed E-state index contributed by atoms with van der Waals surface area (Å²) in [5.74, 6) is 0.363. The molecule has 0 spiro atoms. The molecule has 1 rings (SSSR count). The van der Waals surface area contributed by atoms with Gasteiger partial charge in [0.05, 0.1) is 0 Å². The minimum atomic E-state index is -0.447. The minimum Gasteiger partial charge on any atom is -0.444 e. The second-order valence-electron chi connectivity index (χ2n) is 7.27. The Labute approximate surface area is 141 Å². The van der Waals surface area contributed by atoms with Crippen LogP contribution in [-0.4, -0.2) is 36.7 Å². The highest BCUT2D eigenvalue weighted by atomic mass is 16.6. The summed E-state index contributed by atoms with van der Waals surface area (Å²) in [6.07, 6.45) is 0.807. The number of amides is 1. The maximum Gasteiger partial charge on any atom is 0.410 e. The lowest BCUT2D eigenvalue weighted by atomic mass is 10.1. The van der Waals surface area contributed by atoms with Gasteiger partial charge in [-0.3, -0.25) is 0 Å². The average molecular weight is 320 g/mol. The Balaban J connectivity index is 2.30. The van der Waals surface area contributed by atoms with Crippen molar-refractivity contribution in [3.05, 3.63) is 35.4 Å². The van der Waals surface area contributed by atoms with Gasteiger partial charge in [-0.25, -0.2) is 4.79 Å². The van der Waals surface area contributed by atoms with Crippen LogP contribution in [0.2, 0.25) is 0 Å². The van der Waals surface area contributed by atoms with Crippen molar-refractivity contribution in [1.29, 1.82) is 0 Å². The van der Waals surface area contributed by atoms with Gasteiger partial charge in [0.1, 0.15) is 5.60 Å². The predicted molar refractivity (Wildman–Crippen MR) is 95.6 cm³/mol. The number of nitrogens with zero attached hydrogens (tertiary/aromatic N) is 1. The Morgan fingerprint density at radius 2 is 1.78 bits per heavy atom. The van der Waals surface area contributed by atoms with Crippen LogP contribution in [0.25, 0.3) is 0 Å². The van der Waals surface area contributed by atoms with Gasteiger partial charge in [0.2, 0.25) is 0 Å². The van der Waals surface area contributed by atoms with Gasteiger partial charge in [-0.05, 0) is 50.8 Å². The van der Waals surface area contributed by atoms with E-state index in [0.717, 1.165) is 19.5 Å². The number of ether oxygens (including phenoxy) is 1. The number of carbonyl (C=O) groups excluding carboxylic acids is 1. The first-order valence-corrected chi connectivity index (χ1v) is 8.44. The molecule has 0 saturated carbocycles. The van der Waals surface area contributed by atoms with E-state index in [9.17, 15) is 4.79 Å². The van der Waals surface area contributed by atoms with Gasteiger partial charge >= 0.3 is 6.09 Å². The molecule has 0 fully saturated rings. The van der Waals surface area contributed by atoms with Crippen LogP contribution in [0.1, 0.15) is 45.7 Å². The SMILES string of the molecule is CCc1ccc(CNCC(C)CN(C)C(=O)OC(C)(C)C)cc1. The van der Waals surface area contributed by atoms with E-state index in [1.54, 1.807) is 11.9 Å². The van der Waals surface area contributed by atoms with Crippen molar-refractivity contribution in [2.24, 2.45) is 5.92 Å². The molecule has 1 amide bonds. The van der Waals surface area contributed by atoms with E-state index in [1.807, 2.05) is 20.8 Å². The predicted octanol–water partition coefficient (Wildman–Crippen LogP) is 3.84. The van der Waals surface area contributed by atoms with Crippen LogP contribution in [0.15, 0.2) is 24.3 Å². The quantitative estimate of drug-likeness (QED) is 0.830.